The molecular weight excluding hydrogens is 404 g/mol. The second-order valence-corrected chi connectivity index (χ2v) is 7.26. The van der Waals surface area contributed by atoms with Gasteiger partial charge in [-0.1, -0.05) is 29.8 Å². The summed E-state index contributed by atoms with van der Waals surface area (Å²) < 4.78 is 16.3. The molecule has 0 saturated carbocycles. The third-order valence-corrected chi connectivity index (χ3v) is 5.33. The Balaban J connectivity index is 0.00000180. The van der Waals surface area contributed by atoms with Crippen LogP contribution in [0.5, 0.6) is 11.5 Å². The van der Waals surface area contributed by atoms with Gasteiger partial charge in [0.05, 0.1) is 13.2 Å². The summed E-state index contributed by atoms with van der Waals surface area (Å²) in [6.45, 7) is 5.40. The number of fused-ring (bicyclic) bond motifs is 2. The van der Waals surface area contributed by atoms with E-state index in [1.807, 2.05) is 0 Å². The molecule has 0 spiro atoms. The van der Waals surface area contributed by atoms with Crippen molar-refractivity contribution in [2.75, 3.05) is 13.2 Å². The molecule has 3 aromatic rings. The maximum absolute atomic E-state index is 5.97. The van der Waals surface area contributed by atoms with E-state index in [9.17, 15) is 0 Å². The van der Waals surface area contributed by atoms with Gasteiger partial charge in [0.2, 0.25) is 6.33 Å². The van der Waals surface area contributed by atoms with E-state index in [1.54, 1.807) is 0 Å². The first-order chi connectivity index (χ1) is 12.8. The van der Waals surface area contributed by atoms with Gasteiger partial charge in [0.15, 0.2) is 0 Å². The summed E-state index contributed by atoms with van der Waals surface area (Å²) >= 11 is 0. The molecule has 5 rings (SSSR count). The summed E-state index contributed by atoms with van der Waals surface area (Å²) in [6, 6.07) is 10.9. The Morgan fingerprint density at radius 1 is 1.07 bits per heavy atom. The third-order valence-electron chi connectivity index (χ3n) is 5.33. The van der Waals surface area contributed by atoms with Crippen molar-refractivity contribution < 1.29 is 31.0 Å². The number of halogens is 1. The van der Waals surface area contributed by atoms with Crippen LogP contribution >= 0.6 is 0 Å². The van der Waals surface area contributed by atoms with Gasteiger partial charge < -0.3 is 26.5 Å². The molecule has 0 N–H and O–H groups in total. The standard InChI is InChI=1S/C22H23N2O2.BrH/c1-16-2-4-17(5-3-16)13-23-8-9-24(15-23)14-20-19-7-11-25-21(19)12-18-6-10-26-22(18)20;/h2-5,8-9,12,15H,6-7,10-11,13-14H2,1H3;1H/q+1;/p-1. The molecule has 4 nitrogen and oxygen atoms in total. The van der Waals surface area contributed by atoms with Crippen LogP contribution in [0.1, 0.15) is 27.8 Å². The van der Waals surface area contributed by atoms with Gasteiger partial charge >= 0.3 is 0 Å². The van der Waals surface area contributed by atoms with Crippen molar-refractivity contribution in [3.8, 4) is 11.5 Å². The lowest BCUT2D eigenvalue weighted by Crippen LogP contribution is -3.00. The fourth-order valence-corrected chi connectivity index (χ4v) is 3.96. The first kappa shape index (κ1) is 18.1. The van der Waals surface area contributed by atoms with Gasteiger partial charge in [0.25, 0.3) is 0 Å². The van der Waals surface area contributed by atoms with Gasteiger partial charge in [0.1, 0.15) is 37.0 Å². The van der Waals surface area contributed by atoms with E-state index in [0.717, 1.165) is 50.6 Å². The second kappa shape index (κ2) is 7.39. The minimum absolute atomic E-state index is 0. The van der Waals surface area contributed by atoms with E-state index >= 15 is 0 Å². The van der Waals surface area contributed by atoms with Crippen LogP contribution in [0.25, 0.3) is 0 Å². The first-order valence-corrected chi connectivity index (χ1v) is 9.30. The van der Waals surface area contributed by atoms with Crippen molar-refractivity contribution in [3.63, 3.8) is 0 Å². The number of rotatable bonds is 4. The first-order valence-electron chi connectivity index (χ1n) is 9.30. The smallest absolute Gasteiger partial charge is 0.244 e. The molecule has 0 unspecified atom stereocenters. The molecule has 0 fully saturated rings. The maximum Gasteiger partial charge on any atom is 0.244 e. The third kappa shape index (κ3) is 3.48. The summed E-state index contributed by atoms with van der Waals surface area (Å²) in [5.41, 5.74) is 6.53. The fourth-order valence-electron chi connectivity index (χ4n) is 3.96. The highest BCUT2D eigenvalue weighted by Gasteiger charge is 2.27. The molecule has 0 bridgehead atoms. The Bertz CT molecular complexity index is 931. The van der Waals surface area contributed by atoms with Crippen molar-refractivity contribution in [1.82, 2.24) is 4.57 Å². The van der Waals surface area contributed by atoms with Gasteiger partial charge in [0, 0.05) is 29.5 Å². The van der Waals surface area contributed by atoms with Gasteiger partial charge in [-0.25, -0.2) is 9.13 Å². The lowest BCUT2D eigenvalue weighted by atomic mass is 9.99. The normalized spacial score (nSPS) is 14.1. The molecule has 0 amide bonds. The van der Waals surface area contributed by atoms with E-state index in [4.69, 9.17) is 9.47 Å². The molecule has 0 atom stereocenters. The molecule has 0 radical (unpaired) electrons. The molecule has 140 valence electrons. The molecular formula is C22H23BrN2O2. The van der Waals surface area contributed by atoms with E-state index < -0.39 is 0 Å². The Morgan fingerprint density at radius 2 is 1.89 bits per heavy atom. The quantitative estimate of drug-likeness (QED) is 0.551. The molecule has 2 aliphatic rings. The zero-order valence-electron chi connectivity index (χ0n) is 15.5. The molecule has 0 aliphatic carbocycles. The van der Waals surface area contributed by atoms with Crippen molar-refractivity contribution in [3.05, 3.63) is 76.9 Å². The number of nitrogens with zero attached hydrogens (tertiary/aromatic N) is 2. The van der Waals surface area contributed by atoms with Crippen LogP contribution in [-0.4, -0.2) is 17.8 Å². The molecule has 3 heterocycles. The van der Waals surface area contributed by atoms with Crippen LogP contribution in [0.15, 0.2) is 49.1 Å². The van der Waals surface area contributed by atoms with Gasteiger partial charge in [-0.05, 0) is 18.6 Å². The summed E-state index contributed by atoms with van der Waals surface area (Å²) in [6.07, 6.45) is 8.42. The second-order valence-electron chi connectivity index (χ2n) is 7.26. The number of ether oxygens (including phenoxy) is 2. The van der Waals surface area contributed by atoms with E-state index in [2.05, 4.69) is 65.1 Å². The number of aromatic nitrogens is 2. The van der Waals surface area contributed by atoms with Gasteiger partial charge in [-0.15, -0.1) is 0 Å². The number of hydrogen-bond acceptors (Lipinski definition) is 2. The van der Waals surface area contributed by atoms with E-state index in [1.165, 1.54) is 27.8 Å². The van der Waals surface area contributed by atoms with Crippen LogP contribution in [0, 0.1) is 6.92 Å². The summed E-state index contributed by atoms with van der Waals surface area (Å²) in [5, 5.41) is 0. The largest absolute Gasteiger partial charge is 1.00 e. The van der Waals surface area contributed by atoms with Crippen LogP contribution in [0.3, 0.4) is 0 Å². The predicted molar refractivity (Wildman–Crippen MR) is 98.9 cm³/mol. The zero-order chi connectivity index (χ0) is 17.5. The van der Waals surface area contributed by atoms with Crippen molar-refractivity contribution in [2.24, 2.45) is 0 Å². The average molecular weight is 427 g/mol. The van der Waals surface area contributed by atoms with Crippen LogP contribution in [-0.2, 0) is 25.9 Å². The summed E-state index contributed by atoms with van der Waals surface area (Å²) in [4.78, 5) is 0. The number of aryl methyl sites for hydroxylation is 1. The Labute approximate surface area is 170 Å². The van der Waals surface area contributed by atoms with Crippen LogP contribution < -0.4 is 31.0 Å². The van der Waals surface area contributed by atoms with Crippen molar-refractivity contribution in [1.29, 1.82) is 0 Å². The Kier molecular flexibility index (Phi) is 4.96. The van der Waals surface area contributed by atoms with Crippen LogP contribution in [0.4, 0.5) is 0 Å². The SMILES string of the molecule is Cc1ccc(C[n+]2ccn(Cc3c4c(cc5c3OCC5)OCC4)c2)cc1.[Br-]. The Hall–Kier alpha value is -2.27. The molecule has 2 aromatic carbocycles. The zero-order valence-corrected chi connectivity index (χ0v) is 17.0. The molecule has 5 heteroatoms. The van der Waals surface area contributed by atoms with Crippen molar-refractivity contribution >= 4 is 0 Å². The minimum atomic E-state index is 0. The number of benzene rings is 2. The highest BCUT2D eigenvalue weighted by Crippen LogP contribution is 2.40. The van der Waals surface area contributed by atoms with Crippen LogP contribution in [0.2, 0.25) is 0 Å². The minimum Gasteiger partial charge on any atom is -1.00 e. The van der Waals surface area contributed by atoms with Gasteiger partial charge in [-0.2, -0.15) is 0 Å². The summed E-state index contributed by atoms with van der Waals surface area (Å²) in [5.74, 6) is 2.15. The maximum atomic E-state index is 5.97. The Morgan fingerprint density at radius 3 is 2.74 bits per heavy atom. The molecule has 1 aromatic heterocycles. The lowest BCUT2D eigenvalue weighted by Gasteiger charge is -2.11. The average Bonchev–Trinajstić information content (AvgIpc) is 3.37. The van der Waals surface area contributed by atoms with E-state index in [0.29, 0.717) is 0 Å². The highest BCUT2D eigenvalue weighted by atomic mass is 79.9. The number of hydrogen-bond donors (Lipinski definition) is 0. The fraction of sp³-hybridized carbons (Fsp3) is 0.318. The molecule has 2 aliphatic heterocycles. The highest BCUT2D eigenvalue weighted by molar-refractivity contribution is 5.56. The molecule has 0 saturated heterocycles. The predicted octanol–water partition coefficient (Wildman–Crippen LogP) is 0.0544. The molecule has 27 heavy (non-hydrogen) atoms. The monoisotopic (exact) mass is 426 g/mol. The van der Waals surface area contributed by atoms with Gasteiger partial charge in [-0.3, -0.25) is 0 Å². The summed E-state index contributed by atoms with van der Waals surface area (Å²) in [7, 11) is 0. The lowest BCUT2D eigenvalue weighted by molar-refractivity contribution is -0.687. The topological polar surface area (TPSA) is 27.3 Å². The van der Waals surface area contributed by atoms with E-state index in [-0.39, 0.29) is 17.0 Å². The van der Waals surface area contributed by atoms with Crippen molar-refractivity contribution in [2.45, 2.75) is 32.9 Å². The number of imidazole rings is 1.